The molecule has 1 aromatic heterocycles. The molecule has 142 valence electrons. The quantitative estimate of drug-likeness (QED) is 0.397. The Morgan fingerprint density at radius 3 is 2.56 bits per heavy atom. The highest BCUT2D eigenvalue weighted by Gasteiger charge is 2.07. The molecule has 2 aromatic carbocycles. The maximum atomic E-state index is 12.0. The highest BCUT2D eigenvalue weighted by molar-refractivity contribution is 5.90. The zero-order chi connectivity index (χ0) is 18.4. The third-order valence-electron chi connectivity index (χ3n) is 4.30. The van der Waals surface area contributed by atoms with E-state index >= 15 is 0 Å². The number of fused-ring (bicyclic) bond motifs is 1. The third-order valence-corrected chi connectivity index (χ3v) is 4.30. The molecule has 3 aromatic rings. The first kappa shape index (κ1) is 20.7. The zero-order valence-electron chi connectivity index (χ0n) is 15.7. The number of para-hydroxylation sites is 1. The largest absolute Gasteiger partial charge is 0.462 e. The van der Waals surface area contributed by atoms with Crippen molar-refractivity contribution in [3.05, 3.63) is 65.7 Å². The average Bonchev–Trinajstić information content (AvgIpc) is 2.66. The van der Waals surface area contributed by atoms with Crippen LogP contribution in [0.15, 0.2) is 54.6 Å². The van der Waals surface area contributed by atoms with Crippen molar-refractivity contribution in [1.29, 1.82) is 0 Å². The number of halogens is 1. The van der Waals surface area contributed by atoms with Gasteiger partial charge in [-0.15, -0.1) is 12.4 Å². The van der Waals surface area contributed by atoms with Crippen LogP contribution in [0.5, 0.6) is 0 Å². The lowest BCUT2D eigenvalue weighted by atomic mass is 10.1. The second-order valence-corrected chi connectivity index (χ2v) is 6.39. The van der Waals surface area contributed by atoms with E-state index in [9.17, 15) is 4.79 Å². The molecule has 5 heteroatoms. The number of carbonyl (C=O) groups excluding carboxylic acids is 1. The van der Waals surface area contributed by atoms with E-state index < -0.39 is 0 Å². The van der Waals surface area contributed by atoms with E-state index in [1.54, 1.807) is 12.1 Å². The van der Waals surface area contributed by atoms with E-state index in [-0.39, 0.29) is 18.4 Å². The molecule has 0 amide bonds. The van der Waals surface area contributed by atoms with E-state index in [2.05, 4.69) is 30.2 Å². The van der Waals surface area contributed by atoms with Crippen molar-refractivity contribution in [2.24, 2.45) is 0 Å². The molecule has 3 rings (SSSR count). The third kappa shape index (κ3) is 5.44. The number of carbonyl (C=O) groups is 1. The number of anilines is 2. The summed E-state index contributed by atoms with van der Waals surface area (Å²) in [7, 11) is 0. The molecule has 1 heterocycles. The molecule has 27 heavy (non-hydrogen) atoms. The summed E-state index contributed by atoms with van der Waals surface area (Å²) in [6, 6.07) is 17.4. The fraction of sp³-hybridized carbons (Fsp3) is 0.273. The van der Waals surface area contributed by atoms with Crippen LogP contribution in [0.3, 0.4) is 0 Å². The standard InChI is InChI=1S/C22H24N2O2.ClH/c1-3-4-7-14-26-22(25)17-10-12-18(13-11-17)23-21-15-16(2)19-8-5-6-9-20(19)24-21;/h5-6,8-13,15H,3-4,7,14H2,1-2H3,(H,23,24);1H. The molecule has 0 fully saturated rings. The van der Waals surface area contributed by atoms with Gasteiger partial charge in [0.1, 0.15) is 5.82 Å². The SMILES string of the molecule is CCCCCOC(=O)c1ccc(Nc2cc(C)c3ccccc3n2)cc1.Cl. The van der Waals surface area contributed by atoms with Gasteiger partial charge in [-0.25, -0.2) is 9.78 Å². The van der Waals surface area contributed by atoms with E-state index in [0.29, 0.717) is 12.2 Å². The minimum atomic E-state index is -0.271. The van der Waals surface area contributed by atoms with E-state index in [4.69, 9.17) is 4.74 Å². The van der Waals surface area contributed by atoms with E-state index in [0.717, 1.165) is 41.7 Å². The van der Waals surface area contributed by atoms with Crippen molar-refractivity contribution < 1.29 is 9.53 Å². The summed E-state index contributed by atoms with van der Waals surface area (Å²) in [5, 5.41) is 4.45. The van der Waals surface area contributed by atoms with Crippen LogP contribution in [0.1, 0.15) is 42.1 Å². The Hall–Kier alpha value is -2.59. The number of esters is 1. The van der Waals surface area contributed by atoms with Gasteiger partial charge in [0.2, 0.25) is 0 Å². The number of rotatable bonds is 7. The van der Waals surface area contributed by atoms with Crippen LogP contribution < -0.4 is 5.32 Å². The van der Waals surface area contributed by atoms with Gasteiger partial charge in [-0.3, -0.25) is 0 Å². The summed E-state index contributed by atoms with van der Waals surface area (Å²) in [6.07, 6.45) is 3.10. The van der Waals surface area contributed by atoms with Crippen molar-refractivity contribution in [2.45, 2.75) is 33.1 Å². The topological polar surface area (TPSA) is 51.2 Å². The van der Waals surface area contributed by atoms with Crippen LogP contribution in [0.4, 0.5) is 11.5 Å². The van der Waals surface area contributed by atoms with Gasteiger partial charge < -0.3 is 10.1 Å². The van der Waals surface area contributed by atoms with Crippen molar-refractivity contribution in [2.75, 3.05) is 11.9 Å². The first-order chi connectivity index (χ1) is 12.7. The van der Waals surface area contributed by atoms with Gasteiger partial charge in [-0.2, -0.15) is 0 Å². The molecule has 0 bridgehead atoms. The number of nitrogens with zero attached hydrogens (tertiary/aromatic N) is 1. The van der Waals surface area contributed by atoms with Gasteiger partial charge in [0.25, 0.3) is 0 Å². The molecule has 0 aliphatic rings. The average molecular weight is 385 g/mol. The Balaban J connectivity index is 0.00000261. The molecule has 1 N–H and O–H groups in total. The van der Waals surface area contributed by atoms with Crippen molar-refractivity contribution in [1.82, 2.24) is 4.98 Å². The first-order valence-electron chi connectivity index (χ1n) is 9.08. The van der Waals surface area contributed by atoms with E-state index in [1.165, 1.54) is 5.56 Å². The zero-order valence-corrected chi connectivity index (χ0v) is 16.5. The smallest absolute Gasteiger partial charge is 0.338 e. The molecule has 0 aliphatic carbocycles. The predicted octanol–water partition coefficient (Wildman–Crippen LogP) is 6.06. The van der Waals surface area contributed by atoms with Gasteiger partial charge >= 0.3 is 5.97 Å². The summed E-state index contributed by atoms with van der Waals surface area (Å²) < 4.78 is 5.28. The van der Waals surface area contributed by atoms with Gasteiger partial charge in [0.05, 0.1) is 17.7 Å². The van der Waals surface area contributed by atoms with Crippen LogP contribution in [-0.2, 0) is 4.74 Å². The molecule has 0 atom stereocenters. The lowest BCUT2D eigenvalue weighted by Gasteiger charge is -2.10. The molecule has 0 saturated carbocycles. The van der Waals surface area contributed by atoms with Crippen molar-refractivity contribution >= 4 is 40.8 Å². The highest BCUT2D eigenvalue weighted by atomic mass is 35.5. The fourth-order valence-corrected chi connectivity index (χ4v) is 2.85. The molecule has 0 aliphatic heterocycles. The minimum Gasteiger partial charge on any atom is -0.462 e. The molecule has 0 saturated heterocycles. The second-order valence-electron chi connectivity index (χ2n) is 6.39. The molecule has 0 radical (unpaired) electrons. The summed E-state index contributed by atoms with van der Waals surface area (Å²) >= 11 is 0. The Bertz CT molecular complexity index is 894. The van der Waals surface area contributed by atoms with Gasteiger partial charge in [0.15, 0.2) is 0 Å². The summed E-state index contributed by atoms with van der Waals surface area (Å²) in [5.41, 5.74) is 3.58. The minimum absolute atomic E-state index is 0. The predicted molar refractivity (Wildman–Crippen MR) is 113 cm³/mol. The number of ether oxygens (including phenoxy) is 1. The number of benzene rings is 2. The number of hydrogen-bond donors (Lipinski definition) is 1. The van der Waals surface area contributed by atoms with Gasteiger partial charge in [-0.05, 0) is 55.3 Å². The van der Waals surface area contributed by atoms with Crippen LogP contribution >= 0.6 is 12.4 Å². The Labute approximate surface area is 166 Å². The molecule has 0 spiro atoms. The van der Waals surface area contributed by atoms with Gasteiger partial charge in [0, 0.05) is 11.1 Å². The van der Waals surface area contributed by atoms with Crippen LogP contribution in [0, 0.1) is 6.92 Å². The maximum Gasteiger partial charge on any atom is 0.338 e. The summed E-state index contributed by atoms with van der Waals surface area (Å²) in [5.74, 6) is 0.517. The Morgan fingerprint density at radius 2 is 1.81 bits per heavy atom. The number of pyridine rings is 1. The molecule has 4 nitrogen and oxygen atoms in total. The lowest BCUT2D eigenvalue weighted by Crippen LogP contribution is -2.06. The normalized spacial score (nSPS) is 10.3. The fourth-order valence-electron chi connectivity index (χ4n) is 2.85. The Morgan fingerprint density at radius 1 is 1.07 bits per heavy atom. The second kappa shape index (κ2) is 9.93. The van der Waals surface area contributed by atoms with Crippen LogP contribution in [0.2, 0.25) is 0 Å². The number of aromatic nitrogens is 1. The number of hydrogen-bond acceptors (Lipinski definition) is 4. The highest BCUT2D eigenvalue weighted by Crippen LogP contribution is 2.22. The first-order valence-corrected chi connectivity index (χ1v) is 9.08. The summed E-state index contributed by atoms with van der Waals surface area (Å²) in [4.78, 5) is 16.7. The molecular formula is C22H25ClN2O2. The lowest BCUT2D eigenvalue weighted by molar-refractivity contribution is 0.0498. The maximum absolute atomic E-state index is 12.0. The number of unbranched alkanes of at least 4 members (excludes halogenated alkanes) is 2. The number of aryl methyl sites for hydroxylation is 1. The van der Waals surface area contributed by atoms with Crippen LogP contribution in [-0.4, -0.2) is 17.6 Å². The van der Waals surface area contributed by atoms with Crippen LogP contribution in [0.25, 0.3) is 10.9 Å². The summed E-state index contributed by atoms with van der Waals surface area (Å²) in [6.45, 7) is 4.68. The monoisotopic (exact) mass is 384 g/mol. The van der Waals surface area contributed by atoms with Crippen molar-refractivity contribution in [3.63, 3.8) is 0 Å². The number of nitrogens with one attached hydrogen (secondary N) is 1. The van der Waals surface area contributed by atoms with E-state index in [1.807, 2.05) is 36.4 Å². The van der Waals surface area contributed by atoms with Crippen molar-refractivity contribution in [3.8, 4) is 0 Å². The molecular weight excluding hydrogens is 360 g/mol. The van der Waals surface area contributed by atoms with Gasteiger partial charge in [-0.1, -0.05) is 38.0 Å². The molecule has 0 unspecified atom stereocenters. The Kier molecular flexibility index (Phi) is 7.62.